The molecule has 0 fully saturated rings. The third-order valence-corrected chi connectivity index (χ3v) is 2.47. The van der Waals surface area contributed by atoms with E-state index in [1.165, 1.54) is 13.8 Å². The van der Waals surface area contributed by atoms with E-state index in [2.05, 4.69) is 0 Å². The van der Waals surface area contributed by atoms with E-state index in [-0.39, 0.29) is 6.42 Å². The molecule has 0 atom stereocenters. The van der Waals surface area contributed by atoms with Gasteiger partial charge in [-0.2, -0.15) is 0 Å². The van der Waals surface area contributed by atoms with Gasteiger partial charge >= 0.3 is 5.97 Å². The first kappa shape index (κ1) is 12.7. The third-order valence-electron chi connectivity index (χ3n) is 2.47. The number of rotatable bonds is 5. The predicted molar refractivity (Wildman–Crippen MR) is 61.1 cm³/mol. The zero-order valence-electron chi connectivity index (χ0n) is 9.66. The van der Waals surface area contributed by atoms with E-state index < -0.39 is 11.6 Å². The van der Waals surface area contributed by atoms with Crippen LogP contribution in [0.25, 0.3) is 0 Å². The van der Waals surface area contributed by atoms with Crippen LogP contribution in [0, 0.1) is 0 Å². The summed E-state index contributed by atoms with van der Waals surface area (Å²) in [5.74, 6) is -0.790. The molecule has 0 saturated heterocycles. The smallest absolute Gasteiger partial charge is 0.303 e. The molecule has 1 aromatic carbocycles. The zero-order valence-corrected chi connectivity index (χ0v) is 9.66. The Labute approximate surface area is 95.1 Å². The van der Waals surface area contributed by atoms with Crippen molar-refractivity contribution in [2.24, 2.45) is 0 Å². The molecule has 0 heterocycles. The molecule has 0 aliphatic heterocycles. The van der Waals surface area contributed by atoms with Crippen LogP contribution in [0.4, 0.5) is 4.39 Å². The summed E-state index contributed by atoms with van der Waals surface area (Å²) in [7, 11) is 0. The SMILES string of the molecule is CC(C)(F)c1cccc(CCCC(=O)O)c1. The number of aryl methyl sites for hydroxylation is 1. The summed E-state index contributed by atoms with van der Waals surface area (Å²) in [6, 6.07) is 7.27. The lowest BCUT2D eigenvalue weighted by atomic mass is 9.96. The number of aliphatic carboxylic acids is 1. The van der Waals surface area contributed by atoms with Gasteiger partial charge in [-0.05, 0) is 37.8 Å². The van der Waals surface area contributed by atoms with Crippen molar-refractivity contribution >= 4 is 5.97 Å². The summed E-state index contributed by atoms with van der Waals surface area (Å²) in [6.45, 7) is 3.03. The maximum Gasteiger partial charge on any atom is 0.303 e. The Balaban J connectivity index is 2.64. The average molecular weight is 224 g/mol. The lowest BCUT2D eigenvalue weighted by Crippen LogP contribution is -2.09. The summed E-state index contributed by atoms with van der Waals surface area (Å²) < 4.78 is 13.7. The minimum Gasteiger partial charge on any atom is -0.481 e. The molecule has 0 aliphatic rings. The zero-order chi connectivity index (χ0) is 12.2. The second kappa shape index (κ2) is 5.10. The number of carboxylic acids is 1. The molecule has 0 aliphatic carbocycles. The number of halogens is 1. The summed E-state index contributed by atoms with van der Waals surface area (Å²) in [4.78, 5) is 10.4. The molecule has 0 spiro atoms. The Hall–Kier alpha value is -1.38. The molecule has 1 N–H and O–H groups in total. The van der Waals surface area contributed by atoms with Gasteiger partial charge in [0, 0.05) is 6.42 Å². The van der Waals surface area contributed by atoms with Crippen molar-refractivity contribution < 1.29 is 14.3 Å². The molecule has 3 heteroatoms. The quantitative estimate of drug-likeness (QED) is 0.833. The Morgan fingerprint density at radius 3 is 2.69 bits per heavy atom. The van der Waals surface area contributed by atoms with Crippen molar-refractivity contribution in [3.63, 3.8) is 0 Å². The Kier molecular flexibility index (Phi) is 4.05. The molecule has 1 rings (SSSR count). The molecule has 16 heavy (non-hydrogen) atoms. The van der Waals surface area contributed by atoms with Gasteiger partial charge < -0.3 is 5.11 Å². The number of benzene rings is 1. The average Bonchev–Trinajstić information content (AvgIpc) is 2.16. The normalized spacial score (nSPS) is 11.4. The number of hydrogen-bond acceptors (Lipinski definition) is 1. The lowest BCUT2D eigenvalue weighted by Gasteiger charge is -2.15. The predicted octanol–water partition coefficient (Wildman–Crippen LogP) is 3.30. The summed E-state index contributed by atoms with van der Waals surface area (Å²) in [5, 5.41) is 8.52. The van der Waals surface area contributed by atoms with Crippen molar-refractivity contribution in [2.75, 3.05) is 0 Å². The molecule has 2 nitrogen and oxygen atoms in total. The van der Waals surface area contributed by atoms with Gasteiger partial charge in [-0.1, -0.05) is 24.3 Å². The van der Waals surface area contributed by atoms with Crippen LogP contribution in [0.2, 0.25) is 0 Å². The van der Waals surface area contributed by atoms with Crippen LogP contribution in [0.15, 0.2) is 24.3 Å². The number of alkyl halides is 1. The van der Waals surface area contributed by atoms with Gasteiger partial charge in [-0.3, -0.25) is 4.79 Å². The van der Waals surface area contributed by atoms with Crippen LogP contribution in [0.5, 0.6) is 0 Å². The summed E-state index contributed by atoms with van der Waals surface area (Å²) >= 11 is 0. The van der Waals surface area contributed by atoms with E-state index >= 15 is 0 Å². The highest BCUT2D eigenvalue weighted by molar-refractivity contribution is 5.66. The van der Waals surface area contributed by atoms with Crippen LogP contribution in [-0.4, -0.2) is 11.1 Å². The highest BCUT2D eigenvalue weighted by atomic mass is 19.1. The van der Waals surface area contributed by atoms with Gasteiger partial charge in [0.25, 0.3) is 0 Å². The van der Waals surface area contributed by atoms with Crippen molar-refractivity contribution in [2.45, 2.75) is 38.8 Å². The van der Waals surface area contributed by atoms with Crippen molar-refractivity contribution in [3.05, 3.63) is 35.4 Å². The second-order valence-corrected chi connectivity index (χ2v) is 4.42. The van der Waals surface area contributed by atoms with E-state index in [1.807, 2.05) is 18.2 Å². The highest BCUT2D eigenvalue weighted by Gasteiger charge is 2.18. The topological polar surface area (TPSA) is 37.3 Å². The fraction of sp³-hybridized carbons (Fsp3) is 0.462. The summed E-state index contributed by atoms with van der Waals surface area (Å²) in [6.07, 6.45) is 1.42. The molecule has 0 bridgehead atoms. The molecule has 0 saturated carbocycles. The van der Waals surface area contributed by atoms with Gasteiger partial charge in [0.2, 0.25) is 0 Å². The number of carbonyl (C=O) groups is 1. The highest BCUT2D eigenvalue weighted by Crippen LogP contribution is 2.25. The maximum atomic E-state index is 13.7. The molecular weight excluding hydrogens is 207 g/mol. The van der Waals surface area contributed by atoms with Crippen LogP contribution >= 0.6 is 0 Å². The third kappa shape index (κ3) is 4.01. The molecule has 0 radical (unpaired) electrons. The van der Waals surface area contributed by atoms with Gasteiger partial charge in [-0.15, -0.1) is 0 Å². The van der Waals surface area contributed by atoms with E-state index in [4.69, 9.17) is 5.11 Å². The second-order valence-electron chi connectivity index (χ2n) is 4.42. The Morgan fingerprint density at radius 1 is 1.44 bits per heavy atom. The fourth-order valence-electron chi connectivity index (χ4n) is 1.54. The van der Waals surface area contributed by atoms with E-state index in [9.17, 15) is 9.18 Å². The number of carboxylic acid groups (broad SMARTS) is 1. The van der Waals surface area contributed by atoms with Gasteiger partial charge in [0.1, 0.15) is 5.67 Å². The molecule has 0 amide bonds. The van der Waals surface area contributed by atoms with Gasteiger partial charge in [-0.25, -0.2) is 4.39 Å². The van der Waals surface area contributed by atoms with Crippen LogP contribution in [0.3, 0.4) is 0 Å². The van der Waals surface area contributed by atoms with E-state index in [1.54, 1.807) is 6.07 Å². The first-order valence-electron chi connectivity index (χ1n) is 5.40. The fourth-order valence-corrected chi connectivity index (χ4v) is 1.54. The summed E-state index contributed by atoms with van der Waals surface area (Å²) in [5.41, 5.74) is 0.285. The van der Waals surface area contributed by atoms with Gasteiger partial charge in [0.15, 0.2) is 0 Å². The molecular formula is C13H17FO2. The maximum absolute atomic E-state index is 13.7. The molecule has 0 aromatic heterocycles. The van der Waals surface area contributed by atoms with Crippen molar-refractivity contribution in [1.29, 1.82) is 0 Å². The molecule has 88 valence electrons. The van der Waals surface area contributed by atoms with Crippen molar-refractivity contribution in [3.8, 4) is 0 Å². The van der Waals surface area contributed by atoms with Gasteiger partial charge in [0.05, 0.1) is 0 Å². The van der Waals surface area contributed by atoms with Crippen LogP contribution in [-0.2, 0) is 16.9 Å². The Morgan fingerprint density at radius 2 is 2.12 bits per heavy atom. The standard InChI is InChI=1S/C13H17FO2/c1-13(2,14)11-7-3-5-10(9-11)6-4-8-12(15)16/h3,5,7,9H,4,6,8H2,1-2H3,(H,15,16). The lowest BCUT2D eigenvalue weighted by molar-refractivity contribution is -0.137. The van der Waals surface area contributed by atoms with Crippen LogP contribution in [0.1, 0.15) is 37.8 Å². The van der Waals surface area contributed by atoms with Crippen LogP contribution < -0.4 is 0 Å². The number of hydrogen-bond donors (Lipinski definition) is 1. The molecule has 1 aromatic rings. The van der Waals surface area contributed by atoms with E-state index in [0.29, 0.717) is 18.4 Å². The minimum absolute atomic E-state index is 0.156. The first-order valence-corrected chi connectivity index (χ1v) is 5.40. The minimum atomic E-state index is -1.34. The van der Waals surface area contributed by atoms with Crippen molar-refractivity contribution in [1.82, 2.24) is 0 Å². The monoisotopic (exact) mass is 224 g/mol. The molecule has 0 unspecified atom stereocenters. The Bertz CT molecular complexity index is 366. The first-order chi connectivity index (χ1) is 7.39. The van der Waals surface area contributed by atoms with E-state index in [0.717, 1.165) is 5.56 Å². The largest absolute Gasteiger partial charge is 0.481 e.